The lowest BCUT2D eigenvalue weighted by atomic mass is 10.2. The third-order valence-corrected chi connectivity index (χ3v) is 3.41. The summed E-state index contributed by atoms with van der Waals surface area (Å²) in [6, 6.07) is 5.72. The van der Waals surface area contributed by atoms with Crippen LogP contribution in [0.15, 0.2) is 18.2 Å². The summed E-state index contributed by atoms with van der Waals surface area (Å²) in [5, 5.41) is 0.964. The van der Waals surface area contributed by atoms with Gasteiger partial charge in [0.25, 0.3) is 0 Å². The molecule has 0 aliphatic carbocycles. The Bertz CT molecular complexity index is 276. The highest BCUT2D eigenvalue weighted by atomic mass is 35.9. The van der Waals surface area contributed by atoms with E-state index in [1.165, 1.54) is 0 Å². The summed E-state index contributed by atoms with van der Waals surface area (Å²) in [6.07, 6.45) is 0. The second-order valence-corrected chi connectivity index (χ2v) is 5.92. The Labute approximate surface area is 83.0 Å². The standard InChI is InChI=1S/C8H9Cl2OP/c1-6-5-7(12(9)10)3-4-8(6)11-2/h3-5H,1-2H3. The van der Waals surface area contributed by atoms with Gasteiger partial charge in [0.05, 0.1) is 7.11 Å². The summed E-state index contributed by atoms with van der Waals surface area (Å²) < 4.78 is 5.10. The van der Waals surface area contributed by atoms with Crippen LogP contribution in [0.5, 0.6) is 5.75 Å². The Morgan fingerprint density at radius 1 is 1.33 bits per heavy atom. The van der Waals surface area contributed by atoms with Gasteiger partial charge in [-0.1, -0.05) is 22.5 Å². The number of halogens is 2. The molecule has 0 amide bonds. The minimum absolute atomic E-state index is 0.865. The fourth-order valence-electron chi connectivity index (χ4n) is 0.968. The van der Waals surface area contributed by atoms with Crippen molar-refractivity contribution in [2.45, 2.75) is 6.92 Å². The van der Waals surface area contributed by atoms with E-state index in [2.05, 4.69) is 0 Å². The molecule has 0 N–H and O–H groups in total. The first-order valence-corrected chi connectivity index (χ1v) is 6.56. The molecule has 0 saturated carbocycles. The van der Waals surface area contributed by atoms with E-state index < -0.39 is 6.63 Å². The topological polar surface area (TPSA) is 9.23 Å². The molecule has 0 radical (unpaired) electrons. The summed E-state index contributed by atoms with van der Waals surface area (Å²) in [5.74, 6) is 0.865. The minimum atomic E-state index is -1.04. The molecule has 1 aromatic rings. The van der Waals surface area contributed by atoms with Crippen molar-refractivity contribution in [3.05, 3.63) is 23.8 Å². The van der Waals surface area contributed by atoms with Gasteiger partial charge in [0, 0.05) is 5.30 Å². The largest absolute Gasteiger partial charge is 0.496 e. The molecule has 0 saturated heterocycles. The van der Waals surface area contributed by atoms with E-state index in [1.807, 2.05) is 25.1 Å². The second-order valence-electron chi connectivity index (χ2n) is 2.39. The van der Waals surface area contributed by atoms with Crippen LogP contribution in [0.3, 0.4) is 0 Å². The van der Waals surface area contributed by atoms with Gasteiger partial charge in [-0.2, -0.15) is 0 Å². The van der Waals surface area contributed by atoms with Crippen molar-refractivity contribution in [2.24, 2.45) is 0 Å². The lowest BCUT2D eigenvalue weighted by Gasteiger charge is -2.06. The average Bonchev–Trinajstić information content (AvgIpc) is 2.04. The van der Waals surface area contributed by atoms with Crippen LogP contribution in [0.4, 0.5) is 0 Å². The number of hydrogen-bond acceptors (Lipinski definition) is 1. The van der Waals surface area contributed by atoms with E-state index in [9.17, 15) is 0 Å². The van der Waals surface area contributed by atoms with Crippen LogP contribution in [0.1, 0.15) is 5.56 Å². The monoisotopic (exact) mass is 222 g/mol. The fraction of sp³-hybridized carbons (Fsp3) is 0.250. The number of hydrogen-bond donors (Lipinski definition) is 0. The zero-order chi connectivity index (χ0) is 9.14. The summed E-state index contributed by atoms with van der Waals surface area (Å²) in [6.45, 7) is 0.927. The molecular formula is C8H9Cl2OP. The molecule has 1 nitrogen and oxygen atoms in total. The highest BCUT2D eigenvalue weighted by Crippen LogP contribution is 2.45. The molecule has 1 rings (SSSR count). The summed E-state index contributed by atoms with van der Waals surface area (Å²) in [4.78, 5) is 0. The van der Waals surface area contributed by atoms with Gasteiger partial charge in [-0.15, -0.1) is 0 Å². The lowest BCUT2D eigenvalue weighted by Crippen LogP contribution is -1.97. The summed E-state index contributed by atoms with van der Waals surface area (Å²) in [5.41, 5.74) is 1.06. The fourth-order valence-corrected chi connectivity index (χ4v) is 2.08. The van der Waals surface area contributed by atoms with Crippen LogP contribution in [0, 0.1) is 6.92 Å². The molecule has 0 aliphatic rings. The highest BCUT2D eigenvalue weighted by molar-refractivity contribution is 8.08. The van der Waals surface area contributed by atoms with Crippen molar-refractivity contribution < 1.29 is 4.74 Å². The number of benzene rings is 1. The van der Waals surface area contributed by atoms with Gasteiger partial charge in [-0.05, 0) is 30.7 Å². The Balaban J connectivity index is 3.02. The molecular weight excluding hydrogens is 214 g/mol. The predicted molar refractivity (Wildman–Crippen MR) is 56.0 cm³/mol. The van der Waals surface area contributed by atoms with Gasteiger partial charge in [0.2, 0.25) is 0 Å². The van der Waals surface area contributed by atoms with Gasteiger partial charge in [0.15, 0.2) is 0 Å². The van der Waals surface area contributed by atoms with Crippen LogP contribution >= 0.6 is 29.1 Å². The molecule has 1 aromatic carbocycles. The summed E-state index contributed by atoms with van der Waals surface area (Å²) in [7, 11) is 1.65. The number of aryl methyl sites for hydroxylation is 1. The third-order valence-electron chi connectivity index (χ3n) is 1.57. The predicted octanol–water partition coefficient (Wildman–Crippen LogP) is 3.42. The maximum Gasteiger partial charge on any atom is 0.121 e. The highest BCUT2D eigenvalue weighted by Gasteiger charge is 2.05. The van der Waals surface area contributed by atoms with E-state index in [1.54, 1.807) is 7.11 Å². The van der Waals surface area contributed by atoms with Gasteiger partial charge in [-0.25, -0.2) is 0 Å². The maximum atomic E-state index is 5.76. The first kappa shape index (κ1) is 10.1. The Morgan fingerprint density at radius 3 is 2.42 bits per heavy atom. The van der Waals surface area contributed by atoms with Crippen LogP contribution in [-0.2, 0) is 0 Å². The zero-order valence-corrected chi connectivity index (χ0v) is 9.25. The third kappa shape index (κ3) is 2.26. The quantitative estimate of drug-likeness (QED) is 0.698. The van der Waals surface area contributed by atoms with Gasteiger partial charge < -0.3 is 4.74 Å². The van der Waals surface area contributed by atoms with Crippen molar-refractivity contribution >= 4 is 34.4 Å². The molecule has 66 valence electrons. The molecule has 0 heterocycles. The number of rotatable bonds is 2. The van der Waals surface area contributed by atoms with Crippen molar-refractivity contribution in [3.8, 4) is 5.75 Å². The first-order chi connectivity index (χ1) is 5.65. The Hall–Kier alpha value is 0.0300. The van der Waals surface area contributed by atoms with Crippen LogP contribution in [0.25, 0.3) is 0 Å². The van der Waals surface area contributed by atoms with Crippen LogP contribution < -0.4 is 10.0 Å². The zero-order valence-electron chi connectivity index (χ0n) is 6.84. The molecule has 0 bridgehead atoms. The minimum Gasteiger partial charge on any atom is -0.496 e. The van der Waals surface area contributed by atoms with Crippen molar-refractivity contribution in [1.82, 2.24) is 0 Å². The van der Waals surface area contributed by atoms with Gasteiger partial charge >= 0.3 is 0 Å². The number of methoxy groups -OCH3 is 1. The van der Waals surface area contributed by atoms with Crippen molar-refractivity contribution in [2.75, 3.05) is 7.11 Å². The average molecular weight is 223 g/mol. The molecule has 0 fully saturated rings. The van der Waals surface area contributed by atoms with Crippen LogP contribution in [0.2, 0.25) is 0 Å². The molecule has 0 atom stereocenters. The van der Waals surface area contributed by atoms with E-state index in [0.29, 0.717) is 0 Å². The van der Waals surface area contributed by atoms with E-state index in [0.717, 1.165) is 16.6 Å². The molecule has 0 spiro atoms. The van der Waals surface area contributed by atoms with E-state index in [-0.39, 0.29) is 0 Å². The van der Waals surface area contributed by atoms with Gasteiger partial charge in [-0.3, -0.25) is 0 Å². The van der Waals surface area contributed by atoms with Gasteiger partial charge in [0.1, 0.15) is 12.4 Å². The van der Waals surface area contributed by atoms with Crippen molar-refractivity contribution in [1.29, 1.82) is 0 Å². The van der Waals surface area contributed by atoms with E-state index >= 15 is 0 Å². The normalized spacial score (nSPS) is 10.4. The molecule has 0 unspecified atom stereocenters. The SMILES string of the molecule is COc1ccc(P(Cl)Cl)cc1C. The van der Waals surface area contributed by atoms with E-state index in [4.69, 9.17) is 27.2 Å². The Morgan fingerprint density at radius 2 is 2.00 bits per heavy atom. The number of ether oxygens (including phenoxy) is 1. The molecule has 12 heavy (non-hydrogen) atoms. The molecule has 4 heteroatoms. The molecule has 0 aromatic heterocycles. The smallest absolute Gasteiger partial charge is 0.121 e. The maximum absolute atomic E-state index is 5.76. The van der Waals surface area contributed by atoms with Crippen LogP contribution in [-0.4, -0.2) is 7.11 Å². The Kier molecular flexibility index (Phi) is 3.64. The lowest BCUT2D eigenvalue weighted by molar-refractivity contribution is 0.412. The first-order valence-electron chi connectivity index (χ1n) is 3.41. The second kappa shape index (κ2) is 4.32. The summed E-state index contributed by atoms with van der Waals surface area (Å²) >= 11 is 11.5. The van der Waals surface area contributed by atoms with Crippen molar-refractivity contribution in [3.63, 3.8) is 0 Å². The molecule has 0 aliphatic heterocycles.